The van der Waals surface area contributed by atoms with Crippen LogP contribution in [0.3, 0.4) is 0 Å². The number of carbonyl (C=O) groups is 1. The summed E-state index contributed by atoms with van der Waals surface area (Å²) in [6.45, 7) is 2.78. The molecule has 0 heterocycles. The summed E-state index contributed by atoms with van der Waals surface area (Å²) in [6.07, 6.45) is 0. The third-order valence-electron chi connectivity index (χ3n) is 2.32. The number of carbonyl (C=O) groups excluding carboxylic acids is 1. The number of rotatable bonds is 3. The molecule has 82 valence electrons. The molecular formula is C11H14O4. The minimum Gasteiger partial charge on any atom is -0.507 e. The van der Waals surface area contributed by atoms with Gasteiger partial charge in [0.1, 0.15) is 18.1 Å². The molecule has 0 aliphatic heterocycles. The molecule has 0 radical (unpaired) electrons. The Hall–Kier alpha value is -1.55. The minimum atomic E-state index is -0.569. The van der Waals surface area contributed by atoms with Gasteiger partial charge in [-0.1, -0.05) is 0 Å². The van der Waals surface area contributed by atoms with Gasteiger partial charge in [0.2, 0.25) is 0 Å². The highest BCUT2D eigenvalue weighted by molar-refractivity contribution is 6.00. The summed E-state index contributed by atoms with van der Waals surface area (Å²) < 4.78 is 5.04. The van der Waals surface area contributed by atoms with Crippen LogP contribution in [0.25, 0.3) is 0 Å². The number of phenols is 1. The van der Waals surface area contributed by atoms with E-state index in [0.717, 1.165) is 0 Å². The maximum atomic E-state index is 11.4. The van der Waals surface area contributed by atoms with E-state index in [4.69, 9.17) is 9.84 Å². The zero-order chi connectivity index (χ0) is 11.6. The zero-order valence-corrected chi connectivity index (χ0v) is 9.00. The monoisotopic (exact) mass is 210 g/mol. The van der Waals surface area contributed by atoms with Gasteiger partial charge in [0.15, 0.2) is 5.78 Å². The van der Waals surface area contributed by atoms with E-state index in [-0.39, 0.29) is 5.75 Å². The molecule has 0 aliphatic rings. The third-order valence-corrected chi connectivity index (χ3v) is 2.32. The van der Waals surface area contributed by atoms with Gasteiger partial charge in [-0.2, -0.15) is 0 Å². The van der Waals surface area contributed by atoms with Gasteiger partial charge in [-0.3, -0.25) is 4.79 Å². The van der Waals surface area contributed by atoms with E-state index in [1.54, 1.807) is 13.8 Å². The molecule has 0 fully saturated rings. The van der Waals surface area contributed by atoms with E-state index >= 15 is 0 Å². The number of ether oxygens (including phenoxy) is 1. The van der Waals surface area contributed by atoms with Gasteiger partial charge in [-0.15, -0.1) is 0 Å². The summed E-state index contributed by atoms with van der Waals surface area (Å²) in [7, 11) is 1.42. The lowest BCUT2D eigenvalue weighted by Gasteiger charge is -2.13. The molecule has 0 saturated heterocycles. The zero-order valence-electron chi connectivity index (χ0n) is 9.00. The van der Waals surface area contributed by atoms with Crippen LogP contribution < -0.4 is 4.74 Å². The van der Waals surface area contributed by atoms with Gasteiger partial charge in [0.05, 0.1) is 12.7 Å². The second kappa shape index (κ2) is 4.31. The van der Waals surface area contributed by atoms with Crippen molar-refractivity contribution < 1.29 is 19.7 Å². The largest absolute Gasteiger partial charge is 0.507 e. The maximum absolute atomic E-state index is 11.4. The molecule has 1 rings (SSSR count). The number of Topliss-reactive ketones (excluding diaryl/α,β-unsaturated/α-hetero) is 1. The van der Waals surface area contributed by atoms with E-state index in [1.807, 2.05) is 0 Å². The van der Waals surface area contributed by atoms with Crippen LogP contribution in [-0.4, -0.2) is 29.7 Å². The van der Waals surface area contributed by atoms with Crippen molar-refractivity contribution in [1.29, 1.82) is 0 Å². The van der Waals surface area contributed by atoms with Crippen LogP contribution in [0, 0.1) is 13.8 Å². The third kappa shape index (κ3) is 1.94. The van der Waals surface area contributed by atoms with Crippen molar-refractivity contribution in [2.24, 2.45) is 0 Å². The molecule has 0 unspecified atom stereocenters. The Morgan fingerprint density at radius 1 is 1.47 bits per heavy atom. The molecule has 0 aliphatic carbocycles. The molecule has 4 heteroatoms. The average molecular weight is 210 g/mol. The number of hydrogen-bond acceptors (Lipinski definition) is 4. The molecule has 4 nitrogen and oxygen atoms in total. The van der Waals surface area contributed by atoms with Crippen molar-refractivity contribution in [2.45, 2.75) is 13.8 Å². The summed E-state index contributed by atoms with van der Waals surface area (Å²) in [4.78, 5) is 11.4. The number of phenolic OH excluding ortho intramolecular Hbond substituents is 1. The Bertz CT molecular complexity index is 396. The molecular weight excluding hydrogens is 196 g/mol. The summed E-state index contributed by atoms with van der Waals surface area (Å²) in [6, 6.07) is 1.51. The van der Waals surface area contributed by atoms with Crippen LogP contribution in [0.1, 0.15) is 21.5 Å². The van der Waals surface area contributed by atoms with Crippen molar-refractivity contribution in [3.05, 3.63) is 22.8 Å². The second-order valence-electron chi connectivity index (χ2n) is 3.33. The van der Waals surface area contributed by atoms with Crippen molar-refractivity contribution in [3.8, 4) is 11.5 Å². The molecule has 0 spiro atoms. The van der Waals surface area contributed by atoms with Gasteiger partial charge in [-0.25, -0.2) is 0 Å². The molecule has 0 amide bonds. The van der Waals surface area contributed by atoms with Gasteiger partial charge >= 0.3 is 0 Å². The highest BCUT2D eigenvalue weighted by Crippen LogP contribution is 2.33. The molecule has 0 atom stereocenters. The van der Waals surface area contributed by atoms with Crippen LogP contribution in [0.5, 0.6) is 11.5 Å². The van der Waals surface area contributed by atoms with E-state index < -0.39 is 12.4 Å². The van der Waals surface area contributed by atoms with Gasteiger partial charge < -0.3 is 14.9 Å². The summed E-state index contributed by atoms with van der Waals surface area (Å²) in [5.74, 6) is 0.0107. The SMILES string of the molecule is COc1c(C(=O)CO)cc(C)c(O)c1C. The smallest absolute Gasteiger partial charge is 0.191 e. The van der Waals surface area contributed by atoms with Crippen molar-refractivity contribution in [2.75, 3.05) is 13.7 Å². The molecule has 0 bridgehead atoms. The molecule has 1 aromatic rings. The fraction of sp³-hybridized carbons (Fsp3) is 0.364. The molecule has 0 saturated carbocycles. The number of aryl methyl sites for hydroxylation is 1. The number of hydrogen-bond donors (Lipinski definition) is 2. The first kappa shape index (κ1) is 11.5. The number of methoxy groups -OCH3 is 1. The highest BCUT2D eigenvalue weighted by atomic mass is 16.5. The Kier molecular flexibility index (Phi) is 3.31. The van der Waals surface area contributed by atoms with E-state index in [2.05, 4.69) is 0 Å². The quantitative estimate of drug-likeness (QED) is 0.735. The molecule has 0 aromatic heterocycles. The Morgan fingerprint density at radius 3 is 2.53 bits per heavy atom. The maximum Gasteiger partial charge on any atom is 0.191 e. The van der Waals surface area contributed by atoms with E-state index in [1.165, 1.54) is 13.2 Å². The fourth-order valence-electron chi connectivity index (χ4n) is 1.51. The van der Waals surface area contributed by atoms with Crippen LogP contribution >= 0.6 is 0 Å². The first-order valence-corrected chi connectivity index (χ1v) is 4.54. The summed E-state index contributed by atoms with van der Waals surface area (Å²) in [5, 5.41) is 18.4. The Labute approximate surface area is 88.1 Å². The predicted molar refractivity (Wildman–Crippen MR) is 55.5 cm³/mol. The molecule has 2 N–H and O–H groups in total. The number of aliphatic hydroxyl groups is 1. The number of aliphatic hydroxyl groups excluding tert-OH is 1. The number of aromatic hydroxyl groups is 1. The normalized spacial score (nSPS) is 10.1. The standard InChI is InChI=1S/C11H14O4/c1-6-4-8(9(13)5-12)11(15-3)7(2)10(6)14/h4,12,14H,5H2,1-3H3. The predicted octanol–water partition coefficient (Wildman–Crippen LogP) is 1.19. The van der Waals surface area contributed by atoms with Crippen LogP contribution in [0.4, 0.5) is 0 Å². The lowest BCUT2D eigenvalue weighted by Crippen LogP contribution is -2.08. The van der Waals surface area contributed by atoms with Crippen LogP contribution in [-0.2, 0) is 0 Å². The first-order valence-electron chi connectivity index (χ1n) is 4.54. The fourth-order valence-corrected chi connectivity index (χ4v) is 1.51. The highest BCUT2D eigenvalue weighted by Gasteiger charge is 2.17. The van der Waals surface area contributed by atoms with Crippen molar-refractivity contribution >= 4 is 5.78 Å². The van der Waals surface area contributed by atoms with E-state index in [9.17, 15) is 9.90 Å². The van der Waals surface area contributed by atoms with Crippen molar-refractivity contribution in [3.63, 3.8) is 0 Å². The topological polar surface area (TPSA) is 66.8 Å². The first-order chi connectivity index (χ1) is 7.02. The molecule has 1 aromatic carbocycles. The molecule has 15 heavy (non-hydrogen) atoms. The number of benzene rings is 1. The van der Waals surface area contributed by atoms with Crippen molar-refractivity contribution in [1.82, 2.24) is 0 Å². The lowest BCUT2D eigenvalue weighted by atomic mass is 10.0. The second-order valence-corrected chi connectivity index (χ2v) is 3.33. The Balaban J connectivity index is 3.45. The van der Waals surface area contributed by atoms with Gasteiger partial charge in [-0.05, 0) is 25.5 Å². The minimum absolute atomic E-state index is 0.112. The van der Waals surface area contributed by atoms with Crippen LogP contribution in [0.15, 0.2) is 6.07 Å². The van der Waals surface area contributed by atoms with Gasteiger partial charge in [0.25, 0.3) is 0 Å². The average Bonchev–Trinajstić information content (AvgIpc) is 2.24. The van der Waals surface area contributed by atoms with E-state index in [0.29, 0.717) is 22.4 Å². The summed E-state index contributed by atoms with van der Waals surface area (Å²) in [5.41, 5.74) is 1.40. The number of ketones is 1. The van der Waals surface area contributed by atoms with Crippen LogP contribution in [0.2, 0.25) is 0 Å². The lowest BCUT2D eigenvalue weighted by molar-refractivity contribution is 0.0900. The van der Waals surface area contributed by atoms with Gasteiger partial charge in [0, 0.05) is 5.56 Å². The Morgan fingerprint density at radius 2 is 2.07 bits per heavy atom. The summed E-state index contributed by atoms with van der Waals surface area (Å²) >= 11 is 0.